The van der Waals surface area contributed by atoms with Crippen molar-refractivity contribution in [2.24, 2.45) is 0 Å². The average Bonchev–Trinajstić information content (AvgIpc) is 2.76. The minimum absolute atomic E-state index is 0.152. The number of hydrogen-bond donors (Lipinski definition) is 0. The normalized spacial score (nSPS) is 12.6. The average molecular weight is 415 g/mol. The summed E-state index contributed by atoms with van der Waals surface area (Å²) in [6.45, 7) is 4.96. The Kier molecular flexibility index (Phi) is 6.60. The predicted molar refractivity (Wildman–Crippen MR) is 112 cm³/mol. The monoisotopic (exact) mass is 414 g/mol. The molecule has 1 amide bonds. The molecule has 0 unspecified atom stereocenters. The van der Waals surface area contributed by atoms with E-state index in [1.807, 2.05) is 32.0 Å². The van der Waals surface area contributed by atoms with Gasteiger partial charge in [0.25, 0.3) is 5.91 Å². The maximum absolute atomic E-state index is 12.9. The fourth-order valence-electron chi connectivity index (χ4n) is 3.09. The van der Waals surface area contributed by atoms with E-state index in [4.69, 9.17) is 23.2 Å². The summed E-state index contributed by atoms with van der Waals surface area (Å²) in [7, 11) is 0. The van der Waals surface area contributed by atoms with Crippen molar-refractivity contribution < 1.29 is 4.79 Å². The lowest BCUT2D eigenvalue weighted by Gasteiger charge is -2.29. The number of benzene rings is 1. The second-order valence-electron chi connectivity index (χ2n) is 5.94. The molecule has 0 N–H and O–H groups in total. The second-order valence-corrected chi connectivity index (χ2v) is 6.73. The summed E-state index contributed by atoms with van der Waals surface area (Å²) in [5.41, 5.74) is 3.90. The van der Waals surface area contributed by atoms with Crippen LogP contribution in [0.3, 0.4) is 0 Å². The van der Waals surface area contributed by atoms with Crippen molar-refractivity contribution in [2.75, 3.05) is 6.54 Å². The summed E-state index contributed by atoms with van der Waals surface area (Å²) in [6, 6.07) is 10.8. The zero-order valence-electron chi connectivity index (χ0n) is 15.7. The molecule has 3 aromatic rings. The summed E-state index contributed by atoms with van der Waals surface area (Å²) >= 11 is 12.2. The maximum atomic E-state index is 12.9. The van der Waals surface area contributed by atoms with Crippen LogP contribution >= 0.6 is 23.2 Å². The summed E-state index contributed by atoms with van der Waals surface area (Å²) in [5, 5.41) is 0.650. The zero-order valence-corrected chi connectivity index (χ0v) is 17.2. The van der Waals surface area contributed by atoms with E-state index in [2.05, 4.69) is 15.0 Å². The van der Waals surface area contributed by atoms with E-state index in [9.17, 15) is 4.79 Å². The van der Waals surface area contributed by atoms with E-state index in [1.54, 1.807) is 29.3 Å². The van der Waals surface area contributed by atoms with Crippen molar-refractivity contribution in [2.45, 2.75) is 26.8 Å². The SMILES string of the molecule is CC.O=C(c1cccc(Cl)c1Cl)N1CCc2c(ncnc2-c2ccccn2)C1. The molecule has 0 fully saturated rings. The van der Waals surface area contributed by atoms with Crippen molar-refractivity contribution in [3.8, 4) is 11.4 Å². The van der Waals surface area contributed by atoms with Gasteiger partial charge in [-0.25, -0.2) is 9.97 Å². The molecular weight excluding hydrogens is 395 g/mol. The molecule has 0 atom stereocenters. The van der Waals surface area contributed by atoms with Crippen LogP contribution in [0.4, 0.5) is 0 Å². The van der Waals surface area contributed by atoms with E-state index < -0.39 is 0 Å². The number of pyridine rings is 1. The van der Waals surface area contributed by atoms with Crippen LogP contribution in [0.15, 0.2) is 48.9 Å². The highest BCUT2D eigenvalue weighted by molar-refractivity contribution is 6.43. The Balaban J connectivity index is 0.00000109. The van der Waals surface area contributed by atoms with Crippen molar-refractivity contribution in [1.82, 2.24) is 19.9 Å². The molecule has 1 aromatic carbocycles. The lowest BCUT2D eigenvalue weighted by Crippen LogP contribution is -2.37. The lowest BCUT2D eigenvalue weighted by atomic mass is 10.00. The van der Waals surface area contributed by atoms with Crippen LogP contribution < -0.4 is 0 Å². The number of hydrogen-bond acceptors (Lipinski definition) is 4. The number of aromatic nitrogens is 3. The zero-order chi connectivity index (χ0) is 20.1. The predicted octanol–water partition coefficient (Wildman–Crippen LogP) is 5.07. The molecule has 1 aliphatic heterocycles. The third-order valence-corrected chi connectivity index (χ3v) is 5.20. The highest BCUT2D eigenvalue weighted by atomic mass is 35.5. The maximum Gasteiger partial charge on any atom is 0.255 e. The van der Waals surface area contributed by atoms with Crippen LogP contribution in [0.25, 0.3) is 11.4 Å². The molecule has 0 aliphatic carbocycles. The number of amides is 1. The van der Waals surface area contributed by atoms with Crippen molar-refractivity contribution in [3.05, 3.63) is 75.8 Å². The Morgan fingerprint density at radius 3 is 2.61 bits per heavy atom. The minimum Gasteiger partial charge on any atom is -0.332 e. The lowest BCUT2D eigenvalue weighted by molar-refractivity contribution is 0.0732. The molecule has 3 heterocycles. The molecule has 0 spiro atoms. The first-order chi connectivity index (χ1) is 13.6. The summed E-state index contributed by atoms with van der Waals surface area (Å²) in [5.74, 6) is -0.152. The topological polar surface area (TPSA) is 59.0 Å². The molecule has 0 radical (unpaired) electrons. The van der Waals surface area contributed by atoms with Gasteiger partial charge in [-0.2, -0.15) is 0 Å². The van der Waals surface area contributed by atoms with Gasteiger partial charge >= 0.3 is 0 Å². The molecule has 5 nitrogen and oxygen atoms in total. The first kappa shape index (κ1) is 20.2. The quantitative estimate of drug-likeness (QED) is 0.587. The van der Waals surface area contributed by atoms with Gasteiger partial charge in [0.2, 0.25) is 0 Å². The van der Waals surface area contributed by atoms with Gasteiger partial charge in [-0.1, -0.05) is 49.2 Å². The van der Waals surface area contributed by atoms with E-state index >= 15 is 0 Å². The van der Waals surface area contributed by atoms with Gasteiger partial charge in [-0.05, 0) is 30.7 Å². The van der Waals surface area contributed by atoms with Crippen LogP contribution in [0.2, 0.25) is 10.0 Å². The number of halogens is 2. The van der Waals surface area contributed by atoms with Gasteiger partial charge < -0.3 is 4.90 Å². The van der Waals surface area contributed by atoms with E-state index in [0.29, 0.717) is 30.1 Å². The molecule has 0 saturated heterocycles. The van der Waals surface area contributed by atoms with E-state index in [0.717, 1.165) is 22.6 Å². The van der Waals surface area contributed by atoms with Gasteiger partial charge in [0.1, 0.15) is 6.33 Å². The molecule has 1 aliphatic rings. The van der Waals surface area contributed by atoms with Gasteiger partial charge in [0.15, 0.2) is 0 Å². The Hall–Kier alpha value is -2.50. The molecule has 4 rings (SSSR count). The first-order valence-corrected chi connectivity index (χ1v) is 9.88. The van der Waals surface area contributed by atoms with Crippen LogP contribution in [-0.4, -0.2) is 32.3 Å². The van der Waals surface area contributed by atoms with Crippen LogP contribution in [-0.2, 0) is 13.0 Å². The Morgan fingerprint density at radius 1 is 1.04 bits per heavy atom. The smallest absolute Gasteiger partial charge is 0.255 e. The molecule has 0 saturated carbocycles. The Labute approximate surface area is 174 Å². The fourth-order valence-corrected chi connectivity index (χ4v) is 3.47. The number of fused-ring (bicyclic) bond motifs is 1. The van der Waals surface area contributed by atoms with Crippen LogP contribution in [0.1, 0.15) is 35.5 Å². The highest BCUT2D eigenvalue weighted by Crippen LogP contribution is 2.30. The van der Waals surface area contributed by atoms with Crippen LogP contribution in [0.5, 0.6) is 0 Å². The number of carbonyl (C=O) groups is 1. The standard InChI is InChI=1S/C19H14Cl2N4O.C2H6/c20-14-5-3-4-13(17(14)21)19(26)25-9-7-12-16(10-25)23-11-24-18(12)15-6-1-2-8-22-15;1-2/h1-6,8,11H,7,9-10H2;1-2H3. The van der Waals surface area contributed by atoms with E-state index in [1.165, 1.54) is 6.33 Å². The molecule has 28 heavy (non-hydrogen) atoms. The van der Waals surface area contributed by atoms with Crippen molar-refractivity contribution in [3.63, 3.8) is 0 Å². The molecule has 0 bridgehead atoms. The third-order valence-electron chi connectivity index (χ3n) is 4.38. The minimum atomic E-state index is -0.152. The molecule has 7 heteroatoms. The Morgan fingerprint density at radius 2 is 1.86 bits per heavy atom. The Bertz CT molecular complexity index is 979. The van der Waals surface area contributed by atoms with Gasteiger partial charge in [-0.3, -0.25) is 9.78 Å². The first-order valence-electron chi connectivity index (χ1n) is 9.12. The largest absolute Gasteiger partial charge is 0.332 e. The highest BCUT2D eigenvalue weighted by Gasteiger charge is 2.27. The molecular formula is C21H20Cl2N4O. The van der Waals surface area contributed by atoms with Crippen molar-refractivity contribution in [1.29, 1.82) is 0 Å². The third kappa shape index (κ3) is 4.01. The van der Waals surface area contributed by atoms with E-state index in [-0.39, 0.29) is 10.9 Å². The second kappa shape index (κ2) is 9.13. The summed E-state index contributed by atoms with van der Waals surface area (Å²) in [4.78, 5) is 27.8. The summed E-state index contributed by atoms with van der Waals surface area (Å²) < 4.78 is 0. The van der Waals surface area contributed by atoms with Gasteiger partial charge in [-0.15, -0.1) is 0 Å². The number of rotatable bonds is 2. The van der Waals surface area contributed by atoms with Gasteiger partial charge in [0.05, 0.1) is 39.2 Å². The number of carbonyl (C=O) groups excluding carboxylic acids is 1. The molecule has 144 valence electrons. The van der Waals surface area contributed by atoms with Crippen molar-refractivity contribution >= 4 is 29.1 Å². The van der Waals surface area contributed by atoms with Crippen LogP contribution in [0, 0.1) is 0 Å². The van der Waals surface area contributed by atoms with Gasteiger partial charge in [0, 0.05) is 18.3 Å². The fraction of sp³-hybridized carbons (Fsp3) is 0.238. The summed E-state index contributed by atoms with van der Waals surface area (Å²) in [6.07, 6.45) is 3.92. The molecule has 2 aromatic heterocycles. The number of nitrogens with zero attached hydrogens (tertiary/aromatic N) is 4.